The van der Waals surface area contributed by atoms with Gasteiger partial charge in [-0.1, -0.05) is 12.1 Å². The first-order valence-corrected chi connectivity index (χ1v) is 9.10. The first-order valence-electron chi connectivity index (χ1n) is 9.10. The van der Waals surface area contributed by atoms with E-state index in [0.29, 0.717) is 17.2 Å². The average Bonchev–Trinajstić information content (AvgIpc) is 3.00. The molecule has 0 unspecified atom stereocenters. The van der Waals surface area contributed by atoms with Crippen LogP contribution in [0.1, 0.15) is 40.4 Å². The molecular weight excluding hydrogens is 384 g/mol. The molecule has 1 aliphatic heterocycles. The maximum absolute atomic E-state index is 13.6. The zero-order valence-electron chi connectivity index (χ0n) is 15.3. The van der Waals surface area contributed by atoms with Crippen LogP contribution in [0.4, 0.5) is 8.78 Å². The van der Waals surface area contributed by atoms with Gasteiger partial charge in [0.25, 0.3) is 5.91 Å². The molecule has 2 heterocycles. The molecule has 3 aromatic rings. The molecule has 7 heteroatoms. The first-order chi connectivity index (χ1) is 13.0. The van der Waals surface area contributed by atoms with E-state index >= 15 is 0 Å². The third-order valence-electron chi connectivity index (χ3n) is 5.27. The molecule has 4 rings (SSSR count). The van der Waals surface area contributed by atoms with Crippen LogP contribution in [0.15, 0.2) is 42.5 Å². The van der Waals surface area contributed by atoms with Crippen LogP contribution in [0.5, 0.6) is 0 Å². The highest BCUT2D eigenvalue weighted by Gasteiger charge is 2.21. The summed E-state index contributed by atoms with van der Waals surface area (Å²) >= 11 is 0. The Kier molecular flexibility index (Phi) is 6.01. The number of piperidine rings is 1. The molecule has 0 radical (unpaired) electrons. The molecule has 1 saturated heterocycles. The fourth-order valence-corrected chi connectivity index (χ4v) is 4.06. The van der Waals surface area contributed by atoms with Gasteiger partial charge in [0.15, 0.2) is 0 Å². The molecule has 28 heavy (non-hydrogen) atoms. The Morgan fingerprint density at radius 1 is 1.11 bits per heavy atom. The molecule has 3 N–H and O–H groups in total. The van der Waals surface area contributed by atoms with Crippen LogP contribution in [-0.2, 0) is 6.54 Å². The number of aromatic nitrogens is 1. The highest BCUT2D eigenvalue weighted by Crippen LogP contribution is 2.33. The lowest BCUT2D eigenvalue weighted by atomic mass is 9.88. The Labute approximate surface area is 168 Å². The SMILES string of the molecule is Cl.NC(=O)c1cc2c(C3CCNCC3)cccc2n1Cc1cc(F)cc(F)c1. The number of primary amides is 1. The lowest BCUT2D eigenvalue weighted by molar-refractivity contribution is 0.0992. The maximum atomic E-state index is 13.6. The van der Waals surface area contributed by atoms with E-state index in [-0.39, 0.29) is 19.0 Å². The lowest BCUT2D eigenvalue weighted by Crippen LogP contribution is -2.26. The number of fused-ring (bicyclic) bond motifs is 1. The molecule has 148 valence electrons. The van der Waals surface area contributed by atoms with Crippen LogP contribution in [-0.4, -0.2) is 23.6 Å². The third-order valence-corrected chi connectivity index (χ3v) is 5.27. The van der Waals surface area contributed by atoms with Gasteiger partial charge in [0.05, 0.1) is 0 Å². The van der Waals surface area contributed by atoms with Crippen molar-refractivity contribution in [1.82, 2.24) is 9.88 Å². The summed E-state index contributed by atoms with van der Waals surface area (Å²) in [5.74, 6) is -1.42. The Hall–Kier alpha value is -2.44. The van der Waals surface area contributed by atoms with E-state index in [9.17, 15) is 13.6 Å². The maximum Gasteiger partial charge on any atom is 0.265 e. The fourth-order valence-electron chi connectivity index (χ4n) is 4.06. The Balaban J connectivity index is 0.00000225. The third kappa shape index (κ3) is 3.88. The molecular formula is C21H22ClF2N3O. The zero-order chi connectivity index (χ0) is 19.0. The number of halogens is 3. The average molecular weight is 406 g/mol. The van der Waals surface area contributed by atoms with Crippen LogP contribution in [0.25, 0.3) is 10.9 Å². The number of amides is 1. The number of rotatable bonds is 4. The minimum atomic E-state index is -0.641. The van der Waals surface area contributed by atoms with Gasteiger partial charge >= 0.3 is 0 Å². The van der Waals surface area contributed by atoms with Crippen LogP contribution < -0.4 is 11.1 Å². The summed E-state index contributed by atoms with van der Waals surface area (Å²) in [6.07, 6.45) is 2.07. The van der Waals surface area contributed by atoms with Crippen molar-refractivity contribution in [3.8, 4) is 0 Å². The van der Waals surface area contributed by atoms with Gasteiger partial charge in [0, 0.05) is 23.5 Å². The van der Waals surface area contributed by atoms with Crippen molar-refractivity contribution >= 4 is 29.2 Å². The molecule has 0 bridgehead atoms. The smallest absolute Gasteiger partial charge is 0.265 e. The number of carbonyl (C=O) groups is 1. The number of benzene rings is 2. The van der Waals surface area contributed by atoms with Gasteiger partial charge in [-0.25, -0.2) is 8.78 Å². The van der Waals surface area contributed by atoms with E-state index < -0.39 is 17.5 Å². The van der Waals surface area contributed by atoms with Crippen molar-refractivity contribution in [3.05, 3.63) is 70.9 Å². The summed E-state index contributed by atoms with van der Waals surface area (Å²) in [7, 11) is 0. The summed E-state index contributed by atoms with van der Waals surface area (Å²) < 4.78 is 28.9. The molecule has 1 aromatic heterocycles. The lowest BCUT2D eigenvalue weighted by Gasteiger charge is -2.23. The number of nitrogens with two attached hydrogens (primary N) is 1. The Morgan fingerprint density at radius 2 is 1.79 bits per heavy atom. The van der Waals surface area contributed by atoms with Crippen molar-refractivity contribution in [3.63, 3.8) is 0 Å². The monoisotopic (exact) mass is 405 g/mol. The van der Waals surface area contributed by atoms with E-state index in [1.54, 1.807) is 4.57 Å². The van der Waals surface area contributed by atoms with Crippen LogP contribution in [0.3, 0.4) is 0 Å². The van der Waals surface area contributed by atoms with Crippen molar-refractivity contribution in [1.29, 1.82) is 0 Å². The summed E-state index contributed by atoms with van der Waals surface area (Å²) in [6.45, 7) is 2.10. The number of nitrogens with one attached hydrogen (secondary N) is 1. The van der Waals surface area contributed by atoms with Crippen molar-refractivity contribution in [2.45, 2.75) is 25.3 Å². The molecule has 0 spiro atoms. The standard InChI is InChI=1S/C21H21F2N3O.ClH/c22-15-8-13(9-16(23)10-15)12-26-19-3-1-2-17(14-4-6-25-7-5-14)18(19)11-20(26)21(24)27;/h1-3,8-11,14,25H,4-7,12H2,(H2,24,27);1H. The number of nitrogens with zero attached hydrogens (tertiary/aromatic N) is 1. The molecule has 0 atom stereocenters. The van der Waals surface area contributed by atoms with E-state index in [2.05, 4.69) is 11.4 Å². The minimum Gasteiger partial charge on any atom is -0.364 e. The van der Waals surface area contributed by atoms with Crippen LogP contribution in [0.2, 0.25) is 0 Å². The fraction of sp³-hybridized carbons (Fsp3) is 0.286. The highest BCUT2D eigenvalue weighted by molar-refractivity contribution is 5.99. The second-order valence-corrected chi connectivity index (χ2v) is 7.06. The van der Waals surface area contributed by atoms with Gasteiger partial charge < -0.3 is 15.6 Å². The number of carbonyl (C=O) groups excluding carboxylic acids is 1. The van der Waals surface area contributed by atoms with Gasteiger partial charge in [-0.3, -0.25) is 4.79 Å². The molecule has 0 aliphatic carbocycles. The van der Waals surface area contributed by atoms with Gasteiger partial charge in [-0.05, 0) is 67.2 Å². The largest absolute Gasteiger partial charge is 0.364 e. The zero-order valence-corrected chi connectivity index (χ0v) is 16.1. The Bertz CT molecular complexity index is 992. The molecule has 4 nitrogen and oxygen atoms in total. The predicted molar refractivity (Wildman–Crippen MR) is 108 cm³/mol. The summed E-state index contributed by atoms with van der Waals surface area (Å²) in [5.41, 5.74) is 8.44. The van der Waals surface area contributed by atoms with Gasteiger partial charge in [0.2, 0.25) is 0 Å². The van der Waals surface area contributed by atoms with Crippen LogP contribution in [0, 0.1) is 11.6 Å². The number of hydrogen-bond acceptors (Lipinski definition) is 2. The van der Waals surface area contributed by atoms with Gasteiger partial charge in [-0.15, -0.1) is 12.4 Å². The molecule has 0 saturated carbocycles. The summed E-state index contributed by atoms with van der Waals surface area (Å²) in [6, 6.07) is 11.2. The van der Waals surface area contributed by atoms with E-state index in [1.807, 2.05) is 18.2 Å². The second-order valence-electron chi connectivity index (χ2n) is 7.06. The van der Waals surface area contributed by atoms with Crippen LogP contribution >= 0.6 is 12.4 Å². The quantitative estimate of drug-likeness (QED) is 0.690. The molecule has 1 aliphatic rings. The van der Waals surface area contributed by atoms with E-state index in [1.165, 1.54) is 17.7 Å². The highest BCUT2D eigenvalue weighted by atomic mass is 35.5. The number of hydrogen-bond donors (Lipinski definition) is 2. The predicted octanol–water partition coefficient (Wildman–Crippen LogP) is 3.96. The van der Waals surface area contributed by atoms with Gasteiger partial charge in [0.1, 0.15) is 17.3 Å². The van der Waals surface area contributed by atoms with E-state index in [4.69, 9.17) is 5.73 Å². The normalized spacial score (nSPS) is 14.8. The Morgan fingerprint density at radius 3 is 2.43 bits per heavy atom. The summed E-state index contributed by atoms with van der Waals surface area (Å²) in [5, 5.41) is 4.34. The van der Waals surface area contributed by atoms with Crippen molar-refractivity contribution < 1.29 is 13.6 Å². The topological polar surface area (TPSA) is 60.1 Å². The van der Waals surface area contributed by atoms with Crippen molar-refractivity contribution in [2.24, 2.45) is 5.73 Å². The summed E-state index contributed by atoms with van der Waals surface area (Å²) in [4.78, 5) is 12.0. The second kappa shape index (κ2) is 8.29. The first kappa shape index (κ1) is 20.3. The minimum absolute atomic E-state index is 0. The molecule has 2 aromatic carbocycles. The van der Waals surface area contributed by atoms with E-state index in [0.717, 1.165) is 42.9 Å². The molecule has 1 fully saturated rings. The van der Waals surface area contributed by atoms with Crippen molar-refractivity contribution in [2.75, 3.05) is 13.1 Å². The molecule has 1 amide bonds. The van der Waals surface area contributed by atoms with Gasteiger partial charge in [-0.2, -0.15) is 0 Å².